The van der Waals surface area contributed by atoms with Crippen LogP contribution < -0.4 is 15.5 Å². The van der Waals surface area contributed by atoms with Crippen LogP contribution in [0.2, 0.25) is 0 Å². The number of rotatable bonds is 8. The number of urea groups is 1. The van der Waals surface area contributed by atoms with Crippen LogP contribution in [0.1, 0.15) is 44.7 Å². The van der Waals surface area contributed by atoms with Gasteiger partial charge in [0.1, 0.15) is 5.54 Å². The maximum atomic E-state index is 13.3. The van der Waals surface area contributed by atoms with Crippen molar-refractivity contribution in [3.63, 3.8) is 0 Å². The quantitative estimate of drug-likeness (QED) is 0.544. The minimum Gasteiger partial charge on any atom is -0.325 e. The third-order valence-corrected chi connectivity index (χ3v) is 5.72. The molecule has 8 nitrogen and oxygen atoms in total. The van der Waals surface area contributed by atoms with Crippen LogP contribution in [0.3, 0.4) is 0 Å². The number of carbonyl (C=O) groups is 3. The number of amides is 4. The number of nitrogens with zero attached hydrogens (tertiary/aromatic N) is 3. The molecule has 0 spiro atoms. The van der Waals surface area contributed by atoms with Crippen LogP contribution in [0.15, 0.2) is 42.7 Å². The summed E-state index contributed by atoms with van der Waals surface area (Å²) in [7, 11) is 0. The molecule has 1 aliphatic rings. The lowest BCUT2D eigenvalue weighted by Crippen LogP contribution is -2.43. The summed E-state index contributed by atoms with van der Waals surface area (Å²) in [5, 5.41) is 4.66. The SMILES string of the molecule is CC(C)c1ccc(N2C(=O)N(Cc3ccncc3)C(C)(C)C2=O)cc1NC(=O)CNCC(F)(F)F. The zero-order valence-corrected chi connectivity index (χ0v) is 19.9. The summed E-state index contributed by atoms with van der Waals surface area (Å²) in [5.41, 5.74) is 0.980. The normalized spacial score (nSPS) is 15.8. The summed E-state index contributed by atoms with van der Waals surface area (Å²) in [6.45, 7) is 5.45. The van der Waals surface area contributed by atoms with Gasteiger partial charge in [-0.1, -0.05) is 19.9 Å². The highest BCUT2D eigenvalue weighted by Crippen LogP contribution is 2.36. The standard InChI is InChI=1S/C24H28F3N5O3/c1-15(2)18-6-5-17(11-19(18)30-20(33)12-29-14-24(25,26)27)32-21(34)23(3,4)31(22(32)35)13-16-7-9-28-10-8-16/h5-11,15,29H,12-14H2,1-4H3,(H,30,33). The molecule has 1 aliphatic heterocycles. The van der Waals surface area contributed by atoms with Crippen molar-refractivity contribution in [1.82, 2.24) is 15.2 Å². The second kappa shape index (κ2) is 10.0. The Labute approximate surface area is 201 Å². The van der Waals surface area contributed by atoms with Crippen molar-refractivity contribution in [1.29, 1.82) is 0 Å². The highest BCUT2D eigenvalue weighted by Gasteiger charge is 2.51. The molecule has 2 heterocycles. The van der Waals surface area contributed by atoms with Gasteiger partial charge in [0, 0.05) is 24.6 Å². The van der Waals surface area contributed by atoms with E-state index in [1.165, 1.54) is 11.0 Å². The minimum atomic E-state index is -4.44. The van der Waals surface area contributed by atoms with Gasteiger partial charge in [-0.15, -0.1) is 0 Å². The van der Waals surface area contributed by atoms with Crippen molar-refractivity contribution in [3.05, 3.63) is 53.9 Å². The summed E-state index contributed by atoms with van der Waals surface area (Å²) >= 11 is 0. The van der Waals surface area contributed by atoms with Gasteiger partial charge < -0.3 is 15.5 Å². The Hall–Kier alpha value is -3.47. The zero-order valence-electron chi connectivity index (χ0n) is 19.9. The number of hydrogen-bond acceptors (Lipinski definition) is 5. The number of halogens is 3. The lowest BCUT2D eigenvalue weighted by molar-refractivity contribution is -0.127. The monoisotopic (exact) mass is 491 g/mol. The topological polar surface area (TPSA) is 94.6 Å². The fraction of sp³-hybridized carbons (Fsp3) is 0.417. The maximum Gasteiger partial charge on any atom is 0.401 e. The smallest absolute Gasteiger partial charge is 0.325 e. The van der Waals surface area contributed by atoms with Crippen molar-refractivity contribution in [2.24, 2.45) is 0 Å². The van der Waals surface area contributed by atoms with Gasteiger partial charge in [-0.3, -0.25) is 14.6 Å². The van der Waals surface area contributed by atoms with Gasteiger partial charge in [-0.05, 0) is 55.2 Å². The van der Waals surface area contributed by atoms with E-state index in [4.69, 9.17) is 0 Å². The Morgan fingerprint density at radius 1 is 1.11 bits per heavy atom. The van der Waals surface area contributed by atoms with Crippen LogP contribution in [-0.2, 0) is 16.1 Å². The fourth-order valence-electron chi connectivity index (χ4n) is 3.81. The lowest BCUT2D eigenvalue weighted by Gasteiger charge is -2.27. The molecule has 11 heteroatoms. The number of anilines is 2. The van der Waals surface area contributed by atoms with Crippen LogP contribution in [0.4, 0.5) is 29.3 Å². The summed E-state index contributed by atoms with van der Waals surface area (Å²) in [5.74, 6) is -1.14. The molecular formula is C24H28F3N5O3. The average Bonchev–Trinajstić information content (AvgIpc) is 2.92. The van der Waals surface area contributed by atoms with E-state index < -0.39 is 42.7 Å². The maximum absolute atomic E-state index is 13.3. The van der Waals surface area contributed by atoms with Crippen LogP contribution in [0.25, 0.3) is 0 Å². The van der Waals surface area contributed by atoms with E-state index >= 15 is 0 Å². The molecule has 3 rings (SSSR count). The number of aromatic nitrogens is 1. The molecule has 2 aromatic rings. The number of benzene rings is 1. The number of hydrogen-bond donors (Lipinski definition) is 2. The molecule has 1 fully saturated rings. The van der Waals surface area contributed by atoms with Crippen molar-refractivity contribution >= 4 is 29.2 Å². The summed E-state index contributed by atoms with van der Waals surface area (Å²) in [6.07, 6.45) is -1.23. The van der Waals surface area contributed by atoms with E-state index in [-0.39, 0.29) is 18.2 Å². The van der Waals surface area contributed by atoms with Crippen molar-refractivity contribution < 1.29 is 27.6 Å². The molecule has 188 valence electrons. The molecule has 0 atom stereocenters. The molecular weight excluding hydrogens is 463 g/mol. The Bertz CT molecular complexity index is 1100. The van der Waals surface area contributed by atoms with Crippen LogP contribution in [0, 0.1) is 0 Å². The largest absolute Gasteiger partial charge is 0.401 e. The number of nitrogens with one attached hydrogen (secondary N) is 2. The highest BCUT2D eigenvalue weighted by atomic mass is 19.4. The molecule has 0 saturated carbocycles. The second-order valence-electron chi connectivity index (χ2n) is 9.12. The van der Waals surface area contributed by atoms with E-state index in [0.29, 0.717) is 11.3 Å². The first-order valence-electron chi connectivity index (χ1n) is 11.1. The molecule has 0 aliphatic carbocycles. The molecule has 1 saturated heterocycles. The highest BCUT2D eigenvalue weighted by molar-refractivity contribution is 6.23. The molecule has 0 radical (unpaired) electrons. The second-order valence-corrected chi connectivity index (χ2v) is 9.12. The molecule has 1 aromatic carbocycles. The van der Waals surface area contributed by atoms with Crippen molar-refractivity contribution in [2.45, 2.75) is 51.9 Å². The van der Waals surface area contributed by atoms with Crippen LogP contribution >= 0.6 is 0 Å². The Morgan fingerprint density at radius 3 is 2.37 bits per heavy atom. The molecule has 0 unspecified atom stereocenters. The molecule has 2 N–H and O–H groups in total. The predicted molar refractivity (Wildman–Crippen MR) is 125 cm³/mol. The van der Waals surface area contributed by atoms with Gasteiger partial charge in [0.05, 0.1) is 18.8 Å². The molecule has 4 amide bonds. The first kappa shape index (κ1) is 26.1. The third kappa shape index (κ3) is 5.97. The van der Waals surface area contributed by atoms with Crippen LogP contribution in [-0.4, -0.2) is 52.5 Å². The Balaban J connectivity index is 1.86. The molecule has 35 heavy (non-hydrogen) atoms. The van der Waals surface area contributed by atoms with Crippen molar-refractivity contribution in [3.8, 4) is 0 Å². The summed E-state index contributed by atoms with van der Waals surface area (Å²) in [6, 6.07) is 7.81. The van der Waals surface area contributed by atoms with Gasteiger partial charge in [0.2, 0.25) is 5.91 Å². The first-order valence-corrected chi connectivity index (χ1v) is 11.1. The Morgan fingerprint density at radius 2 is 1.77 bits per heavy atom. The molecule has 0 bridgehead atoms. The molecule has 1 aromatic heterocycles. The van der Waals surface area contributed by atoms with E-state index in [1.807, 2.05) is 13.8 Å². The van der Waals surface area contributed by atoms with Crippen LogP contribution in [0.5, 0.6) is 0 Å². The van der Waals surface area contributed by atoms with Gasteiger partial charge in [0.15, 0.2) is 0 Å². The van der Waals surface area contributed by atoms with Gasteiger partial charge in [-0.25, -0.2) is 9.69 Å². The van der Waals surface area contributed by atoms with E-state index in [9.17, 15) is 27.6 Å². The first-order chi connectivity index (χ1) is 16.3. The number of pyridine rings is 1. The van der Waals surface area contributed by atoms with Gasteiger partial charge in [0.25, 0.3) is 5.91 Å². The van der Waals surface area contributed by atoms with Crippen molar-refractivity contribution in [2.75, 3.05) is 23.3 Å². The Kier molecular flexibility index (Phi) is 7.49. The van der Waals surface area contributed by atoms with Gasteiger partial charge >= 0.3 is 12.2 Å². The summed E-state index contributed by atoms with van der Waals surface area (Å²) in [4.78, 5) is 45.4. The van der Waals surface area contributed by atoms with E-state index in [0.717, 1.165) is 10.5 Å². The van der Waals surface area contributed by atoms with Gasteiger partial charge in [-0.2, -0.15) is 13.2 Å². The fourth-order valence-corrected chi connectivity index (χ4v) is 3.81. The average molecular weight is 492 g/mol. The lowest BCUT2D eigenvalue weighted by atomic mass is 9.99. The zero-order chi connectivity index (χ0) is 26.0. The van der Waals surface area contributed by atoms with E-state index in [1.54, 1.807) is 50.5 Å². The predicted octanol–water partition coefficient (Wildman–Crippen LogP) is 4.04. The number of carbonyl (C=O) groups excluding carboxylic acids is 3. The number of imide groups is 1. The van der Waals surface area contributed by atoms with E-state index in [2.05, 4.69) is 15.6 Å². The number of alkyl halides is 3. The third-order valence-electron chi connectivity index (χ3n) is 5.72. The summed E-state index contributed by atoms with van der Waals surface area (Å²) < 4.78 is 37.1. The minimum absolute atomic E-state index is 0.0351.